The number of H-pyrrole nitrogens is 1. The Morgan fingerprint density at radius 2 is 2.17 bits per heavy atom. The first-order chi connectivity index (χ1) is 11.4. The minimum absolute atomic E-state index is 0.0669. The van der Waals surface area contributed by atoms with Gasteiger partial charge in [-0.3, -0.25) is 9.20 Å². The summed E-state index contributed by atoms with van der Waals surface area (Å²) in [6.07, 6.45) is -1.48. The molecule has 0 saturated heterocycles. The van der Waals surface area contributed by atoms with E-state index in [9.17, 15) is 9.59 Å². The van der Waals surface area contributed by atoms with Crippen LogP contribution in [-0.2, 0) is 0 Å². The predicted molar refractivity (Wildman–Crippen MR) is 87.0 cm³/mol. The average molecular weight is 331 g/mol. The number of ether oxygens (including phenoxy) is 2. The van der Waals surface area contributed by atoms with Gasteiger partial charge < -0.3 is 19.6 Å². The molecule has 0 atom stereocenters. The molecule has 0 radical (unpaired) electrons. The van der Waals surface area contributed by atoms with Crippen LogP contribution in [0.1, 0.15) is 19.5 Å². The molecule has 2 heterocycles. The van der Waals surface area contributed by atoms with Crippen LogP contribution in [0.4, 0.5) is 4.79 Å². The summed E-state index contributed by atoms with van der Waals surface area (Å²) < 4.78 is 11.9. The molecule has 0 bridgehead atoms. The van der Waals surface area contributed by atoms with E-state index < -0.39 is 11.7 Å². The van der Waals surface area contributed by atoms with E-state index in [2.05, 4.69) is 14.7 Å². The van der Waals surface area contributed by atoms with Crippen LogP contribution < -0.4 is 15.0 Å². The van der Waals surface area contributed by atoms with E-state index >= 15 is 0 Å². The number of hydrogen-bond donors (Lipinski definition) is 2. The lowest BCUT2D eigenvalue weighted by Gasteiger charge is -2.10. The molecule has 0 aliphatic carbocycles. The van der Waals surface area contributed by atoms with Crippen molar-refractivity contribution in [2.24, 2.45) is 5.92 Å². The van der Waals surface area contributed by atoms with E-state index in [-0.39, 0.29) is 11.5 Å². The van der Waals surface area contributed by atoms with Gasteiger partial charge in [-0.2, -0.15) is 4.98 Å². The van der Waals surface area contributed by atoms with Crippen LogP contribution in [0.15, 0.2) is 23.0 Å². The molecule has 0 fully saturated rings. The molecule has 0 aliphatic heterocycles. The number of aryl methyl sites for hydroxylation is 1. The Kier molecular flexibility index (Phi) is 3.88. The summed E-state index contributed by atoms with van der Waals surface area (Å²) in [6.45, 7) is 6.30. The Balaban J connectivity index is 2.22. The van der Waals surface area contributed by atoms with Crippen molar-refractivity contribution in [3.63, 3.8) is 0 Å². The second kappa shape index (κ2) is 5.88. The SMILES string of the molecule is Cc1c(OC(=O)O)nc2c(=O)[nH]c3ccc(OCC(C)C)cc3n12. The maximum absolute atomic E-state index is 12.2. The number of nitrogens with zero attached hydrogens (tertiary/aromatic N) is 2. The van der Waals surface area contributed by atoms with Gasteiger partial charge in [-0.1, -0.05) is 13.8 Å². The average Bonchev–Trinajstić information content (AvgIpc) is 2.83. The Hall–Kier alpha value is -3.03. The van der Waals surface area contributed by atoms with Crippen molar-refractivity contribution in [2.45, 2.75) is 20.8 Å². The molecule has 0 unspecified atom stereocenters. The second-order valence-corrected chi connectivity index (χ2v) is 5.87. The third-order valence-electron chi connectivity index (χ3n) is 3.49. The maximum Gasteiger partial charge on any atom is 0.512 e. The van der Waals surface area contributed by atoms with Crippen molar-refractivity contribution in [3.8, 4) is 11.6 Å². The predicted octanol–water partition coefficient (Wildman–Crippen LogP) is 2.58. The number of hydrogen-bond acceptors (Lipinski definition) is 5. The summed E-state index contributed by atoms with van der Waals surface area (Å²) in [5.74, 6) is 0.911. The summed E-state index contributed by atoms with van der Waals surface area (Å²) in [4.78, 5) is 29.6. The first-order valence-electron chi connectivity index (χ1n) is 7.45. The molecule has 8 heteroatoms. The fraction of sp³-hybridized carbons (Fsp3) is 0.312. The fourth-order valence-corrected chi connectivity index (χ4v) is 2.44. The fourth-order valence-electron chi connectivity index (χ4n) is 2.44. The highest BCUT2D eigenvalue weighted by molar-refractivity contribution is 5.80. The van der Waals surface area contributed by atoms with Crippen LogP contribution in [0.5, 0.6) is 11.6 Å². The number of aromatic nitrogens is 3. The topological polar surface area (TPSA) is 106 Å². The molecular weight excluding hydrogens is 314 g/mol. The van der Waals surface area contributed by atoms with Gasteiger partial charge in [0.05, 0.1) is 23.3 Å². The smallest absolute Gasteiger partial charge is 0.493 e. The molecule has 2 aromatic heterocycles. The van der Waals surface area contributed by atoms with Gasteiger partial charge in [-0.05, 0) is 25.0 Å². The zero-order chi connectivity index (χ0) is 17.4. The number of aromatic amines is 1. The van der Waals surface area contributed by atoms with Crippen LogP contribution in [0.25, 0.3) is 16.7 Å². The van der Waals surface area contributed by atoms with Crippen molar-refractivity contribution < 1.29 is 19.4 Å². The Morgan fingerprint density at radius 1 is 1.42 bits per heavy atom. The number of nitrogens with one attached hydrogen (secondary N) is 1. The molecule has 0 spiro atoms. The lowest BCUT2D eigenvalue weighted by Crippen LogP contribution is -2.11. The van der Waals surface area contributed by atoms with Crippen molar-refractivity contribution in [3.05, 3.63) is 34.2 Å². The number of imidazole rings is 1. The molecule has 3 rings (SSSR count). The number of rotatable bonds is 4. The van der Waals surface area contributed by atoms with Crippen LogP contribution in [0.3, 0.4) is 0 Å². The van der Waals surface area contributed by atoms with E-state index in [0.29, 0.717) is 35.0 Å². The summed E-state index contributed by atoms with van der Waals surface area (Å²) in [5, 5.41) is 8.79. The molecule has 1 aromatic carbocycles. The quantitative estimate of drug-likeness (QED) is 0.712. The minimum Gasteiger partial charge on any atom is -0.493 e. The number of carbonyl (C=O) groups is 1. The maximum atomic E-state index is 12.2. The molecule has 2 N–H and O–H groups in total. The summed E-state index contributed by atoms with van der Waals surface area (Å²) in [5.41, 5.74) is 1.30. The van der Waals surface area contributed by atoms with Gasteiger partial charge in [0.2, 0.25) is 11.5 Å². The molecule has 8 nitrogen and oxygen atoms in total. The molecule has 0 aliphatic rings. The molecule has 0 amide bonds. The first-order valence-corrected chi connectivity index (χ1v) is 7.45. The Bertz CT molecular complexity index is 987. The van der Waals surface area contributed by atoms with Crippen LogP contribution in [0, 0.1) is 12.8 Å². The third-order valence-corrected chi connectivity index (χ3v) is 3.49. The van der Waals surface area contributed by atoms with Gasteiger partial charge in [0.15, 0.2) is 0 Å². The summed E-state index contributed by atoms with van der Waals surface area (Å²) >= 11 is 0. The van der Waals surface area contributed by atoms with Gasteiger partial charge in [-0.15, -0.1) is 0 Å². The van der Waals surface area contributed by atoms with E-state index in [0.717, 1.165) is 0 Å². The number of benzene rings is 1. The zero-order valence-corrected chi connectivity index (χ0v) is 13.5. The van der Waals surface area contributed by atoms with E-state index in [4.69, 9.17) is 9.84 Å². The standard InChI is InChI=1S/C16H17N3O5/c1-8(2)7-23-10-4-5-11-12(6-10)19-9(3)15(24-16(21)22)18-13(19)14(20)17-11/h4-6,8H,7H2,1-3H3,(H,17,20)(H,21,22). The molecule has 3 aromatic rings. The van der Waals surface area contributed by atoms with Crippen molar-refractivity contribution in [1.82, 2.24) is 14.4 Å². The zero-order valence-electron chi connectivity index (χ0n) is 13.5. The third kappa shape index (κ3) is 2.78. The molecule has 24 heavy (non-hydrogen) atoms. The Morgan fingerprint density at radius 3 is 2.83 bits per heavy atom. The number of fused-ring (bicyclic) bond motifs is 3. The van der Waals surface area contributed by atoms with Crippen LogP contribution >= 0.6 is 0 Å². The van der Waals surface area contributed by atoms with Crippen LogP contribution in [0.2, 0.25) is 0 Å². The summed E-state index contributed by atoms with van der Waals surface area (Å²) in [7, 11) is 0. The highest BCUT2D eigenvalue weighted by atomic mass is 16.7. The van der Waals surface area contributed by atoms with Gasteiger partial charge in [0.1, 0.15) is 5.75 Å². The van der Waals surface area contributed by atoms with Gasteiger partial charge in [0, 0.05) is 6.07 Å². The lowest BCUT2D eigenvalue weighted by molar-refractivity contribution is 0.142. The van der Waals surface area contributed by atoms with E-state index in [1.54, 1.807) is 29.5 Å². The monoisotopic (exact) mass is 331 g/mol. The highest BCUT2D eigenvalue weighted by Crippen LogP contribution is 2.25. The molecule has 0 saturated carbocycles. The highest BCUT2D eigenvalue weighted by Gasteiger charge is 2.17. The van der Waals surface area contributed by atoms with Crippen molar-refractivity contribution >= 4 is 22.8 Å². The minimum atomic E-state index is -1.48. The van der Waals surface area contributed by atoms with Gasteiger partial charge in [0.25, 0.3) is 5.56 Å². The van der Waals surface area contributed by atoms with Gasteiger partial charge >= 0.3 is 6.16 Å². The van der Waals surface area contributed by atoms with Crippen molar-refractivity contribution in [2.75, 3.05) is 6.61 Å². The first kappa shape index (κ1) is 15.9. The Labute approximate surface area is 136 Å². The second-order valence-electron chi connectivity index (χ2n) is 5.87. The lowest BCUT2D eigenvalue weighted by atomic mass is 10.2. The largest absolute Gasteiger partial charge is 0.512 e. The van der Waals surface area contributed by atoms with Crippen molar-refractivity contribution in [1.29, 1.82) is 0 Å². The normalized spacial score (nSPS) is 11.3. The molecule has 126 valence electrons. The summed E-state index contributed by atoms with van der Waals surface area (Å²) in [6, 6.07) is 5.29. The van der Waals surface area contributed by atoms with E-state index in [1.807, 2.05) is 13.8 Å². The number of carboxylic acid groups (broad SMARTS) is 1. The van der Waals surface area contributed by atoms with E-state index in [1.165, 1.54) is 0 Å². The van der Waals surface area contributed by atoms with Crippen LogP contribution in [-0.4, -0.2) is 32.2 Å². The van der Waals surface area contributed by atoms with Gasteiger partial charge in [-0.25, -0.2) is 4.79 Å². The molecular formula is C16H17N3O5.